The number of hydrogen-bond donors (Lipinski definition) is 2. The minimum absolute atomic E-state index is 0.156. The highest BCUT2D eigenvalue weighted by Gasteiger charge is 2.00. The van der Waals surface area contributed by atoms with Crippen molar-refractivity contribution >= 4 is 0 Å². The van der Waals surface area contributed by atoms with Crippen LogP contribution in [0, 0.1) is 0 Å². The molecule has 0 saturated heterocycles. The van der Waals surface area contributed by atoms with Gasteiger partial charge in [0.15, 0.2) is 0 Å². The predicted molar refractivity (Wildman–Crippen MR) is 49.4 cm³/mol. The third-order valence-electron chi connectivity index (χ3n) is 1.69. The molecule has 0 aliphatic rings. The van der Waals surface area contributed by atoms with Crippen LogP contribution in [0.4, 0.5) is 0 Å². The van der Waals surface area contributed by atoms with Gasteiger partial charge in [-0.2, -0.15) is 7.05 Å². The predicted octanol–water partition coefficient (Wildman–Crippen LogP) is -0.333. The van der Waals surface area contributed by atoms with Crippen LogP contribution in [-0.4, -0.2) is 61.6 Å². The van der Waals surface area contributed by atoms with Crippen LogP contribution >= 0.6 is 0 Å². The van der Waals surface area contributed by atoms with Gasteiger partial charge in [-0.15, -0.1) is 6.54 Å². The smallest absolute Gasteiger partial charge is 0.0558 e. The molecule has 0 heterocycles. The van der Waals surface area contributed by atoms with Crippen molar-refractivity contribution in [3.63, 3.8) is 0 Å². The minimum Gasteiger partial charge on any atom is -0.665 e. The van der Waals surface area contributed by atoms with Gasteiger partial charge >= 0.3 is 0 Å². The summed E-state index contributed by atoms with van der Waals surface area (Å²) in [7, 11) is 1.79. The second kappa shape index (κ2) is 8.93. The van der Waals surface area contributed by atoms with Gasteiger partial charge in [-0.25, -0.2) is 0 Å². The Morgan fingerprint density at radius 3 is 2.08 bits per heavy atom. The molecular formula is C8H19N2O2-. The van der Waals surface area contributed by atoms with Crippen molar-refractivity contribution in [1.29, 1.82) is 0 Å². The van der Waals surface area contributed by atoms with Crippen LogP contribution in [-0.2, 0) is 0 Å². The minimum atomic E-state index is 0.156. The van der Waals surface area contributed by atoms with Crippen LogP contribution in [0.25, 0.3) is 5.32 Å². The van der Waals surface area contributed by atoms with E-state index in [1.54, 1.807) is 7.05 Å². The summed E-state index contributed by atoms with van der Waals surface area (Å²) >= 11 is 0. The Morgan fingerprint density at radius 1 is 1.08 bits per heavy atom. The van der Waals surface area contributed by atoms with Crippen molar-refractivity contribution in [3.8, 4) is 0 Å². The summed E-state index contributed by atoms with van der Waals surface area (Å²) in [6, 6.07) is 0. The summed E-state index contributed by atoms with van der Waals surface area (Å²) in [4.78, 5) is 2.03. The standard InChI is InChI=1S/C8H19N2O2/c1-9-3-2-4-10(5-7-11)6-8-12/h11-12H,2-8H2,1H3/q-1. The average Bonchev–Trinajstić information content (AvgIpc) is 2.06. The molecule has 0 aromatic carbocycles. The maximum atomic E-state index is 8.67. The normalized spacial score (nSPS) is 11.0. The fourth-order valence-electron chi connectivity index (χ4n) is 1.07. The van der Waals surface area contributed by atoms with Crippen molar-refractivity contribution in [2.75, 3.05) is 46.4 Å². The molecule has 0 spiro atoms. The Bertz CT molecular complexity index is 85.1. The highest BCUT2D eigenvalue weighted by atomic mass is 16.3. The van der Waals surface area contributed by atoms with E-state index in [1.807, 2.05) is 4.90 Å². The molecule has 74 valence electrons. The molecule has 0 unspecified atom stereocenters. The van der Waals surface area contributed by atoms with Gasteiger partial charge in [-0.05, 0) is 6.54 Å². The zero-order valence-corrected chi connectivity index (χ0v) is 7.74. The van der Waals surface area contributed by atoms with Crippen LogP contribution in [0.5, 0.6) is 0 Å². The van der Waals surface area contributed by atoms with E-state index in [2.05, 4.69) is 5.32 Å². The van der Waals surface area contributed by atoms with Crippen LogP contribution in [0.1, 0.15) is 6.42 Å². The third kappa shape index (κ3) is 6.54. The summed E-state index contributed by atoms with van der Waals surface area (Å²) in [5, 5.41) is 21.3. The molecule has 0 amide bonds. The number of nitrogens with zero attached hydrogens (tertiary/aromatic N) is 2. The van der Waals surface area contributed by atoms with Crippen molar-refractivity contribution < 1.29 is 10.2 Å². The molecule has 4 heteroatoms. The Morgan fingerprint density at radius 2 is 1.67 bits per heavy atom. The van der Waals surface area contributed by atoms with Crippen molar-refractivity contribution in [2.45, 2.75) is 6.42 Å². The van der Waals surface area contributed by atoms with Crippen LogP contribution < -0.4 is 0 Å². The van der Waals surface area contributed by atoms with Gasteiger partial charge in [0.05, 0.1) is 13.2 Å². The lowest BCUT2D eigenvalue weighted by Crippen LogP contribution is -2.31. The van der Waals surface area contributed by atoms with Gasteiger partial charge in [-0.3, -0.25) is 4.90 Å². The molecule has 0 aliphatic heterocycles. The molecule has 0 aliphatic carbocycles. The molecule has 0 aromatic heterocycles. The van der Waals surface area contributed by atoms with Gasteiger partial charge in [0, 0.05) is 13.1 Å². The maximum Gasteiger partial charge on any atom is 0.0558 e. The molecule has 0 saturated carbocycles. The quantitative estimate of drug-likeness (QED) is 0.496. The van der Waals surface area contributed by atoms with Crippen molar-refractivity contribution in [3.05, 3.63) is 5.32 Å². The highest BCUT2D eigenvalue weighted by Crippen LogP contribution is 1.92. The van der Waals surface area contributed by atoms with Gasteiger partial charge in [-0.1, -0.05) is 6.42 Å². The fourth-order valence-corrected chi connectivity index (χ4v) is 1.07. The molecule has 0 bridgehead atoms. The highest BCUT2D eigenvalue weighted by molar-refractivity contribution is 4.70. The Hall–Kier alpha value is -0.160. The number of aliphatic hydroxyl groups excluding tert-OH is 2. The molecular weight excluding hydrogens is 156 g/mol. The van der Waals surface area contributed by atoms with E-state index in [-0.39, 0.29) is 13.2 Å². The molecule has 4 nitrogen and oxygen atoms in total. The van der Waals surface area contributed by atoms with Gasteiger partial charge in [0.25, 0.3) is 0 Å². The number of aliphatic hydroxyl groups is 2. The molecule has 12 heavy (non-hydrogen) atoms. The third-order valence-corrected chi connectivity index (χ3v) is 1.69. The zero-order valence-electron chi connectivity index (χ0n) is 7.74. The topological polar surface area (TPSA) is 57.8 Å². The fraction of sp³-hybridized carbons (Fsp3) is 1.00. The molecule has 0 atom stereocenters. The van der Waals surface area contributed by atoms with Crippen LogP contribution in [0.2, 0.25) is 0 Å². The zero-order chi connectivity index (χ0) is 9.23. The second-order valence-electron chi connectivity index (χ2n) is 2.68. The largest absolute Gasteiger partial charge is 0.665 e. The first kappa shape index (κ1) is 11.8. The lowest BCUT2D eigenvalue weighted by molar-refractivity contribution is 0.161. The van der Waals surface area contributed by atoms with Crippen molar-refractivity contribution in [2.24, 2.45) is 0 Å². The summed E-state index contributed by atoms with van der Waals surface area (Å²) in [6.45, 7) is 3.35. The molecule has 2 N–H and O–H groups in total. The van der Waals surface area contributed by atoms with E-state index in [0.29, 0.717) is 13.1 Å². The van der Waals surface area contributed by atoms with E-state index in [1.165, 1.54) is 0 Å². The van der Waals surface area contributed by atoms with E-state index in [0.717, 1.165) is 19.5 Å². The maximum absolute atomic E-state index is 8.67. The van der Waals surface area contributed by atoms with Gasteiger partial charge < -0.3 is 15.5 Å². The molecule has 0 fully saturated rings. The number of hydrogen-bond acceptors (Lipinski definition) is 3. The Kier molecular flexibility index (Phi) is 8.81. The first-order valence-corrected chi connectivity index (χ1v) is 4.34. The first-order chi connectivity index (χ1) is 5.85. The lowest BCUT2D eigenvalue weighted by atomic mass is 10.3. The Labute approximate surface area is 74.2 Å². The summed E-state index contributed by atoms with van der Waals surface area (Å²) in [6.07, 6.45) is 0.997. The second-order valence-corrected chi connectivity index (χ2v) is 2.68. The van der Waals surface area contributed by atoms with Crippen LogP contribution in [0.15, 0.2) is 0 Å². The van der Waals surface area contributed by atoms with Crippen LogP contribution in [0.3, 0.4) is 0 Å². The number of rotatable bonds is 8. The van der Waals surface area contributed by atoms with Gasteiger partial charge in [0.2, 0.25) is 0 Å². The summed E-state index contributed by atoms with van der Waals surface area (Å²) in [5.41, 5.74) is 0. The monoisotopic (exact) mass is 175 g/mol. The first-order valence-electron chi connectivity index (χ1n) is 4.34. The summed E-state index contributed by atoms with van der Waals surface area (Å²) in [5.74, 6) is 0. The van der Waals surface area contributed by atoms with E-state index in [9.17, 15) is 0 Å². The van der Waals surface area contributed by atoms with E-state index in [4.69, 9.17) is 10.2 Å². The molecule has 0 rings (SSSR count). The van der Waals surface area contributed by atoms with E-state index < -0.39 is 0 Å². The molecule has 0 radical (unpaired) electrons. The molecule has 0 aromatic rings. The Balaban J connectivity index is 3.34. The van der Waals surface area contributed by atoms with Crippen molar-refractivity contribution in [1.82, 2.24) is 4.90 Å². The summed E-state index contributed by atoms with van der Waals surface area (Å²) < 4.78 is 0. The SMILES string of the molecule is C[N-]CCCN(CCO)CCO. The average molecular weight is 175 g/mol. The van der Waals surface area contributed by atoms with E-state index >= 15 is 0 Å². The van der Waals surface area contributed by atoms with Gasteiger partial charge in [0.1, 0.15) is 0 Å². The lowest BCUT2D eigenvalue weighted by Gasteiger charge is -2.21.